The zero-order chi connectivity index (χ0) is 8.32. The molecule has 0 spiro atoms. The second kappa shape index (κ2) is 4.94. The molecule has 1 aromatic heterocycles. The van der Waals surface area contributed by atoms with Crippen LogP contribution in [0.2, 0.25) is 0 Å². The van der Waals surface area contributed by atoms with Gasteiger partial charge < -0.3 is 4.55 Å². The minimum atomic E-state index is -4.19. The van der Waals surface area contributed by atoms with Crippen LogP contribution in [0.15, 0.2) is 24.4 Å². The molecule has 0 N–H and O–H groups in total. The molecule has 60 valence electrons. The van der Waals surface area contributed by atoms with Crippen molar-refractivity contribution in [1.29, 1.82) is 0 Å². The van der Waals surface area contributed by atoms with Gasteiger partial charge in [-0.15, -0.1) is 0 Å². The van der Waals surface area contributed by atoms with Crippen molar-refractivity contribution < 1.29 is 42.5 Å². The average molecular weight is 195 g/mol. The third-order valence-electron chi connectivity index (χ3n) is 1.05. The van der Waals surface area contributed by atoms with Crippen LogP contribution in [-0.4, -0.2) is 18.0 Å². The number of hydrogen-bond acceptors (Lipinski definition) is 4. The SMILES string of the molecule is O=S(=O)([O-])Cc1ccccn1.[Na+]. The Morgan fingerprint density at radius 1 is 1.42 bits per heavy atom. The smallest absolute Gasteiger partial charge is 0.748 e. The largest absolute Gasteiger partial charge is 1.00 e. The van der Waals surface area contributed by atoms with Gasteiger partial charge >= 0.3 is 29.6 Å². The molecule has 1 rings (SSSR count). The maximum absolute atomic E-state index is 10.2. The number of pyridine rings is 1. The molecule has 0 aromatic carbocycles. The molecule has 0 fully saturated rings. The maximum Gasteiger partial charge on any atom is 1.00 e. The Morgan fingerprint density at radius 2 is 2.08 bits per heavy atom. The second-order valence-electron chi connectivity index (χ2n) is 2.02. The van der Waals surface area contributed by atoms with Gasteiger partial charge in [-0.05, 0) is 12.1 Å². The molecule has 6 heteroatoms. The van der Waals surface area contributed by atoms with Crippen molar-refractivity contribution in [3.8, 4) is 0 Å². The van der Waals surface area contributed by atoms with Crippen molar-refractivity contribution >= 4 is 10.1 Å². The number of nitrogens with zero attached hydrogens (tertiary/aromatic N) is 1. The first-order valence-electron chi connectivity index (χ1n) is 2.91. The van der Waals surface area contributed by atoms with E-state index in [4.69, 9.17) is 0 Å². The maximum atomic E-state index is 10.2. The molecule has 0 unspecified atom stereocenters. The fraction of sp³-hybridized carbons (Fsp3) is 0.167. The van der Waals surface area contributed by atoms with E-state index < -0.39 is 15.9 Å². The van der Waals surface area contributed by atoms with Gasteiger partial charge in [0, 0.05) is 6.20 Å². The molecule has 12 heavy (non-hydrogen) atoms. The summed E-state index contributed by atoms with van der Waals surface area (Å²) < 4.78 is 30.6. The van der Waals surface area contributed by atoms with Gasteiger partial charge in [0.2, 0.25) is 0 Å². The Morgan fingerprint density at radius 3 is 2.50 bits per heavy atom. The van der Waals surface area contributed by atoms with Gasteiger partial charge in [-0.2, -0.15) is 0 Å². The first-order valence-corrected chi connectivity index (χ1v) is 4.49. The molecule has 0 radical (unpaired) electrons. The summed E-state index contributed by atoms with van der Waals surface area (Å²) in [5, 5.41) is 0. The van der Waals surface area contributed by atoms with E-state index in [0.717, 1.165) is 0 Å². The summed E-state index contributed by atoms with van der Waals surface area (Å²) >= 11 is 0. The van der Waals surface area contributed by atoms with Crippen molar-refractivity contribution in [2.75, 3.05) is 0 Å². The molecular formula is C6H6NNaO3S. The van der Waals surface area contributed by atoms with Crippen LogP contribution in [0.5, 0.6) is 0 Å². The average Bonchev–Trinajstić information content (AvgIpc) is 1.85. The van der Waals surface area contributed by atoms with Gasteiger partial charge in [-0.3, -0.25) is 4.98 Å². The van der Waals surface area contributed by atoms with Gasteiger partial charge in [-0.1, -0.05) is 6.07 Å². The number of aromatic nitrogens is 1. The van der Waals surface area contributed by atoms with Gasteiger partial charge in [-0.25, -0.2) is 8.42 Å². The zero-order valence-electron chi connectivity index (χ0n) is 6.60. The van der Waals surface area contributed by atoms with Crippen LogP contribution in [0.1, 0.15) is 5.69 Å². The third kappa shape index (κ3) is 4.84. The minimum Gasteiger partial charge on any atom is -0.748 e. The van der Waals surface area contributed by atoms with Crippen LogP contribution >= 0.6 is 0 Å². The van der Waals surface area contributed by atoms with Crippen molar-refractivity contribution in [3.63, 3.8) is 0 Å². The Balaban J connectivity index is 0.00000121. The van der Waals surface area contributed by atoms with Crippen LogP contribution in [-0.2, 0) is 15.9 Å². The standard InChI is InChI=1S/C6H7NO3S.Na/c8-11(9,10)5-6-3-1-2-4-7-6;/h1-4H,5H2,(H,8,9,10);/q;+1/p-1. The Hall–Kier alpha value is 0.0600. The van der Waals surface area contributed by atoms with Crippen LogP contribution in [0, 0.1) is 0 Å². The topological polar surface area (TPSA) is 70.1 Å². The van der Waals surface area contributed by atoms with Gasteiger partial charge in [0.15, 0.2) is 0 Å². The molecule has 0 amide bonds. The van der Waals surface area contributed by atoms with E-state index in [1.54, 1.807) is 12.1 Å². The van der Waals surface area contributed by atoms with Crippen LogP contribution in [0.25, 0.3) is 0 Å². The summed E-state index contributed by atoms with van der Waals surface area (Å²) in [5.74, 6) is -0.534. The molecule has 4 nitrogen and oxygen atoms in total. The molecular weight excluding hydrogens is 189 g/mol. The van der Waals surface area contributed by atoms with E-state index in [9.17, 15) is 13.0 Å². The van der Waals surface area contributed by atoms with Crippen molar-refractivity contribution in [2.45, 2.75) is 5.75 Å². The fourth-order valence-electron chi connectivity index (χ4n) is 0.665. The normalized spacial score (nSPS) is 10.4. The third-order valence-corrected chi connectivity index (χ3v) is 1.70. The first-order chi connectivity index (χ1) is 5.08. The molecule has 1 heterocycles. The zero-order valence-corrected chi connectivity index (χ0v) is 9.41. The molecule has 0 aliphatic heterocycles. The van der Waals surface area contributed by atoms with Gasteiger partial charge in [0.05, 0.1) is 11.4 Å². The van der Waals surface area contributed by atoms with E-state index in [2.05, 4.69) is 4.98 Å². The summed E-state index contributed by atoms with van der Waals surface area (Å²) in [6.07, 6.45) is 1.44. The molecule has 0 aliphatic carbocycles. The van der Waals surface area contributed by atoms with Crippen molar-refractivity contribution in [1.82, 2.24) is 4.98 Å². The van der Waals surface area contributed by atoms with Crippen LogP contribution in [0.3, 0.4) is 0 Å². The van der Waals surface area contributed by atoms with E-state index in [1.165, 1.54) is 12.3 Å². The molecule has 0 aliphatic rings. The van der Waals surface area contributed by atoms with Crippen LogP contribution < -0.4 is 29.6 Å². The Bertz CT molecular complexity index is 324. The summed E-state index contributed by atoms with van der Waals surface area (Å²) in [6, 6.07) is 4.78. The van der Waals surface area contributed by atoms with E-state index in [1.807, 2.05) is 0 Å². The van der Waals surface area contributed by atoms with E-state index in [-0.39, 0.29) is 35.3 Å². The fourth-order valence-corrected chi connectivity index (χ4v) is 1.20. The molecule has 0 saturated heterocycles. The number of hydrogen-bond donors (Lipinski definition) is 0. The van der Waals surface area contributed by atoms with Crippen molar-refractivity contribution in [2.24, 2.45) is 0 Å². The summed E-state index contributed by atoms with van der Waals surface area (Å²) in [7, 11) is -4.19. The predicted molar refractivity (Wildman–Crippen MR) is 37.6 cm³/mol. The monoisotopic (exact) mass is 195 g/mol. The Labute approximate surface area is 93.1 Å². The molecule has 1 aromatic rings. The van der Waals surface area contributed by atoms with Crippen molar-refractivity contribution in [3.05, 3.63) is 30.1 Å². The van der Waals surface area contributed by atoms with Crippen LogP contribution in [0.4, 0.5) is 0 Å². The molecule has 0 saturated carbocycles. The molecule has 0 bridgehead atoms. The summed E-state index contributed by atoms with van der Waals surface area (Å²) in [6.45, 7) is 0. The minimum absolute atomic E-state index is 0. The summed E-state index contributed by atoms with van der Waals surface area (Å²) in [4.78, 5) is 3.68. The molecule has 0 atom stereocenters. The number of rotatable bonds is 2. The first kappa shape index (κ1) is 12.1. The second-order valence-corrected chi connectivity index (χ2v) is 3.43. The Kier molecular flexibility index (Phi) is 4.96. The quantitative estimate of drug-likeness (QED) is 0.376. The van der Waals surface area contributed by atoms with E-state index in [0.29, 0.717) is 0 Å². The van der Waals surface area contributed by atoms with E-state index >= 15 is 0 Å². The summed E-state index contributed by atoms with van der Waals surface area (Å²) in [5.41, 5.74) is 0.280. The predicted octanol–water partition coefficient (Wildman–Crippen LogP) is -2.87. The van der Waals surface area contributed by atoms with Gasteiger partial charge in [0.25, 0.3) is 0 Å². The van der Waals surface area contributed by atoms with Gasteiger partial charge in [0.1, 0.15) is 10.1 Å².